The van der Waals surface area contributed by atoms with Gasteiger partial charge in [0.1, 0.15) is 6.10 Å². The zero-order valence-electron chi connectivity index (χ0n) is 14.9. The summed E-state index contributed by atoms with van der Waals surface area (Å²) in [4.78, 5) is 21.0. The number of aliphatic hydroxyl groups is 1. The molecule has 0 aliphatic heterocycles. The largest absolute Gasteiger partial charge is 0.695 e. The number of rotatable bonds is 8. The molecule has 0 bridgehead atoms. The van der Waals surface area contributed by atoms with Gasteiger partial charge in [-0.3, -0.25) is 4.79 Å². The molecule has 0 heterocycles. The number of amides is 1. The Hall–Kier alpha value is -2.51. The Morgan fingerprint density at radius 2 is 1.63 bits per heavy atom. The number of carbonyl (C=O) groups excluding carboxylic acids is 1. The Bertz CT molecular complexity index is 809. The van der Waals surface area contributed by atoms with Gasteiger partial charge in [-0.1, -0.05) is 17.7 Å². The van der Waals surface area contributed by atoms with Crippen LogP contribution in [0.4, 0.5) is 11.4 Å². The summed E-state index contributed by atoms with van der Waals surface area (Å²) in [5.41, 5.74) is 2.80. The second-order valence-electron chi connectivity index (χ2n) is 5.89. The van der Waals surface area contributed by atoms with E-state index >= 15 is 0 Å². The minimum Gasteiger partial charge on any atom is -0.394 e. The van der Waals surface area contributed by atoms with Crippen molar-refractivity contribution in [3.8, 4) is 0 Å². The van der Waals surface area contributed by atoms with Crippen LogP contribution in [0.5, 0.6) is 0 Å². The molecule has 2 aromatic rings. The lowest BCUT2D eigenvalue weighted by Crippen LogP contribution is -2.45. The van der Waals surface area contributed by atoms with E-state index in [0.717, 1.165) is 11.3 Å². The van der Waals surface area contributed by atoms with Gasteiger partial charge in [0.25, 0.3) is 5.91 Å². The SMILES string of the molecule is Cc1ccc(N=Nc2ccc(C(=O)N[C@@H](CO)[C@H](C)O[P+](=O)O)cc2)cc1. The van der Waals surface area contributed by atoms with E-state index in [9.17, 15) is 14.5 Å². The molecule has 9 heteroatoms. The van der Waals surface area contributed by atoms with Gasteiger partial charge in [-0.2, -0.15) is 10.2 Å². The molecule has 3 N–H and O–H groups in total. The van der Waals surface area contributed by atoms with Gasteiger partial charge in [-0.15, -0.1) is 9.42 Å². The minimum atomic E-state index is -2.82. The fourth-order valence-corrected chi connectivity index (χ4v) is 2.62. The van der Waals surface area contributed by atoms with Gasteiger partial charge in [0.05, 0.1) is 24.0 Å². The second kappa shape index (κ2) is 9.99. The summed E-state index contributed by atoms with van der Waals surface area (Å²) < 4.78 is 15.4. The summed E-state index contributed by atoms with van der Waals surface area (Å²) in [6.45, 7) is 3.04. The van der Waals surface area contributed by atoms with E-state index < -0.39 is 32.9 Å². The number of azo groups is 1. The van der Waals surface area contributed by atoms with Crippen LogP contribution in [0.2, 0.25) is 0 Å². The van der Waals surface area contributed by atoms with Crippen LogP contribution in [0.3, 0.4) is 0 Å². The van der Waals surface area contributed by atoms with Crippen molar-refractivity contribution in [3.63, 3.8) is 0 Å². The molecule has 0 aliphatic rings. The highest BCUT2D eigenvalue weighted by Crippen LogP contribution is 2.21. The van der Waals surface area contributed by atoms with Crippen LogP contribution in [-0.4, -0.2) is 34.7 Å². The van der Waals surface area contributed by atoms with E-state index in [0.29, 0.717) is 11.3 Å². The molecular weight excluding hydrogens is 369 g/mol. The monoisotopic (exact) mass is 390 g/mol. The van der Waals surface area contributed by atoms with Gasteiger partial charge >= 0.3 is 8.25 Å². The van der Waals surface area contributed by atoms with Crippen LogP contribution in [0.1, 0.15) is 22.8 Å². The summed E-state index contributed by atoms with van der Waals surface area (Å²) in [7, 11) is -2.82. The van der Waals surface area contributed by atoms with Crippen molar-refractivity contribution in [2.45, 2.75) is 26.0 Å². The summed E-state index contributed by atoms with van der Waals surface area (Å²) in [5.74, 6) is -0.445. The highest BCUT2D eigenvalue weighted by atomic mass is 31.1. The number of aliphatic hydroxyl groups excluding tert-OH is 1. The second-order valence-corrected chi connectivity index (χ2v) is 6.58. The molecule has 1 amide bonds. The van der Waals surface area contributed by atoms with Gasteiger partial charge in [-0.25, -0.2) is 0 Å². The van der Waals surface area contributed by atoms with Crippen LogP contribution in [0.25, 0.3) is 0 Å². The lowest BCUT2D eigenvalue weighted by Gasteiger charge is -2.18. The first-order valence-corrected chi connectivity index (χ1v) is 9.35. The molecular formula is C18H21N3O5P+. The highest BCUT2D eigenvalue weighted by Gasteiger charge is 2.28. The topological polar surface area (TPSA) is 121 Å². The van der Waals surface area contributed by atoms with E-state index in [1.165, 1.54) is 6.92 Å². The number of nitrogens with zero attached hydrogens (tertiary/aromatic N) is 2. The number of benzene rings is 2. The van der Waals surface area contributed by atoms with Crippen LogP contribution >= 0.6 is 8.25 Å². The highest BCUT2D eigenvalue weighted by molar-refractivity contribution is 7.32. The number of hydrogen-bond acceptors (Lipinski definition) is 6. The van der Waals surface area contributed by atoms with E-state index in [1.807, 2.05) is 31.2 Å². The first-order valence-electron chi connectivity index (χ1n) is 8.22. The van der Waals surface area contributed by atoms with E-state index in [2.05, 4.69) is 15.5 Å². The van der Waals surface area contributed by atoms with Crippen molar-refractivity contribution in [1.29, 1.82) is 0 Å². The van der Waals surface area contributed by atoms with Gasteiger partial charge in [0.15, 0.2) is 0 Å². The molecule has 142 valence electrons. The Kier molecular flexibility index (Phi) is 7.69. The zero-order valence-corrected chi connectivity index (χ0v) is 15.8. The summed E-state index contributed by atoms with van der Waals surface area (Å²) in [5, 5.41) is 20.2. The Labute approximate surface area is 157 Å². The average molecular weight is 390 g/mol. The maximum atomic E-state index is 12.3. The van der Waals surface area contributed by atoms with Gasteiger partial charge in [0.2, 0.25) is 0 Å². The van der Waals surface area contributed by atoms with Crippen molar-refractivity contribution in [2.24, 2.45) is 10.2 Å². The molecule has 0 fully saturated rings. The Balaban J connectivity index is 1.99. The van der Waals surface area contributed by atoms with Crippen LogP contribution < -0.4 is 5.32 Å². The van der Waals surface area contributed by atoms with Crippen molar-refractivity contribution in [3.05, 3.63) is 59.7 Å². The molecule has 2 rings (SSSR count). The predicted octanol–water partition coefficient (Wildman–Crippen LogP) is 3.56. The lowest BCUT2D eigenvalue weighted by atomic mass is 10.1. The van der Waals surface area contributed by atoms with Gasteiger partial charge in [0, 0.05) is 10.1 Å². The first kappa shape index (κ1) is 20.8. The third kappa shape index (κ3) is 6.62. The van der Waals surface area contributed by atoms with Crippen molar-refractivity contribution < 1.29 is 23.9 Å². The molecule has 0 spiro atoms. The third-order valence-corrected chi connectivity index (χ3v) is 4.29. The van der Waals surface area contributed by atoms with Crippen LogP contribution in [0, 0.1) is 6.92 Å². The Morgan fingerprint density at radius 1 is 1.11 bits per heavy atom. The maximum absolute atomic E-state index is 12.3. The molecule has 27 heavy (non-hydrogen) atoms. The molecule has 0 saturated heterocycles. The molecule has 0 saturated carbocycles. The minimum absolute atomic E-state index is 0.350. The van der Waals surface area contributed by atoms with Crippen molar-refractivity contribution in [1.82, 2.24) is 5.32 Å². The zero-order chi connectivity index (χ0) is 19.8. The van der Waals surface area contributed by atoms with Gasteiger partial charge in [-0.05, 0) is 50.2 Å². The summed E-state index contributed by atoms with van der Waals surface area (Å²) in [6, 6.07) is 13.2. The lowest BCUT2D eigenvalue weighted by molar-refractivity contribution is 0.0800. The Morgan fingerprint density at radius 3 is 2.11 bits per heavy atom. The first-order chi connectivity index (χ1) is 12.9. The quantitative estimate of drug-likeness (QED) is 0.470. The van der Waals surface area contributed by atoms with Crippen molar-refractivity contribution >= 4 is 25.5 Å². The summed E-state index contributed by atoms with van der Waals surface area (Å²) >= 11 is 0. The molecule has 3 atom stereocenters. The van der Waals surface area contributed by atoms with E-state index in [4.69, 9.17) is 9.42 Å². The summed E-state index contributed by atoms with van der Waals surface area (Å²) in [6.07, 6.45) is -0.824. The van der Waals surface area contributed by atoms with E-state index in [-0.39, 0.29) is 0 Å². The normalized spacial score (nSPS) is 14.0. The molecule has 1 unspecified atom stereocenters. The smallest absolute Gasteiger partial charge is 0.394 e. The van der Waals surface area contributed by atoms with Crippen LogP contribution in [0.15, 0.2) is 58.8 Å². The standard InChI is InChI=1S/C18H20N3O5P/c1-12-3-7-15(8-4-12)20-21-16-9-5-14(6-10-16)18(23)19-17(11-22)13(2)26-27(24)25/h3-10,13,17,22H,11H2,1-2H3,(H-,19,23,24,25)/p+1/t13-,17-/m0/s1. The number of aryl methyl sites for hydroxylation is 1. The number of carbonyl (C=O) groups is 1. The maximum Gasteiger partial charge on any atom is 0.695 e. The fourth-order valence-electron chi connectivity index (χ4n) is 2.19. The number of hydrogen-bond donors (Lipinski definition) is 3. The van der Waals surface area contributed by atoms with Crippen LogP contribution in [-0.2, 0) is 9.09 Å². The molecule has 8 nitrogen and oxygen atoms in total. The average Bonchev–Trinajstić information content (AvgIpc) is 2.65. The third-order valence-electron chi connectivity index (χ3n) is 3.78. The molecule has 0 aromatic heterocycles. The molecule has 0 aliphatic carbocycles. The fraction of sp³-hybridized carbons (Fsp3) is 0.278. The van der Waals surface area contributed by atoms with E-state index in [1.54, 1.807) is 24.3 Å². The predicted molar refractivity (Wildman–Crippen MR) is 101 cm³/mol. The number of nitrogens with one attached hydrogen (secondary N) is 1. The molecule has 0 radical (unpaired) electrons. The van der Waals surface area contributed by atoms with Crippen molar-refractivity contribution in [2.75, 3.05) is 6.61 Å². The molecule has 2 aromatic carbocycles. The van der Waals surface area contributed by atoms with Gasteiger partial charge < -0.3 is 10.4 Å².